The van der Waals surface area contributed by atoms with E-state index < -0.39 is 0 Å². The van der Waals surface area contributed by atoms with Crippen LogP contribution in [0.1, 0.15) is 35.1 Å². The molecule has 0 radical (unpaired) electrons. The number of hydrogen-bond acceptors (Lipinski definition) is 5. The van der Waals surface area contributed by atoms with Gasteiger partial charge in [0.05, 0.1) is 30.7 Å². The molecule has 1 fully saturated rings. The van der Waals surface area contributed by atoms with E-state index in [2.05, 4.69) is 15.4 Å². The summed E-state index contributed by atoms with van der Waals surface area (Å²) in [5.74, 6) is 0.315. The lowest BCUT2D eigenvalue weighted by Gasteiger charge is -2.24. The third-order valence-electron chi connectivity index (χ3n) is 3.83. The molecule has 0 saturated carbocycles. The zero-order chi connectivity index (χ0) is 16.2. The molecule has 1 amide bonds. The Morgan fingerprint density at radius 2 is 2.17 bits per heavy atom. The van der Waals surface area contributed by atoms with Gasteiger partial charge in [-0.05, 0) is 31.9 Å². The van der Waals surface area contributed by atoms with Crippen LogP contribution >= 0.6 is 0 Å². The van der Waals surface area contributed by atoms with E-state index in [1.54, 1.807) is 25.4 Å². The molecule has 122 valence electrons. The number of aryl methyl sites for hydroxylation is 1. The third-order valence-corrected chi connectivity index (χ3v) is 3.83. The van der Waals surface area contributed by atoms with E-state index in [0.29, 0.717) is 30.5 Å². The first kappa shape index (κ1) is 15.5. The Hall–Kier alpha value is -2.41. The second-order valence-corrected chi connectivity index (χ2v) is 5.50. The van der Waals surface area contributed by atoms with Gasteiger partial charge < -0.3 is 14.8 Å². The molecule has 0 bridgehead atoms. The SMILES string of the molecule is COc1ccc(NC(=O)c2cc(C)nn2C2CCOCC2)cn1. The minimum Gasteiger partial charge on any atom is -0.481 e. The monoisotopic (exact) mass is 316 g/mol. The van der Waals surface area contributed by atoms with Gasteiger partial charge in [-0.1, -0.05) is 0 Å². The van der Waals surface area contributed by atoms with Gasteiger partial charge in [0, 0.05) is 19.3 Å². The van der Waals surface area contributed by atoms with Gasteiger partial charge >= 0.3 is 0 Å². The fraction of sp³-hybridized carbons (Fsp3) is 0.438. The topological polar surface area (TPSA) is 78.3 Å². The number of rotatable bonds is 4. The second-order valence-electron chi connectivity index (χ2n) is 5.50. The van der Waals surface area contributed by atoms with Gasteiger partial charge in [0.1, 0.15) is 5.69 Å². The van der Waals surface area contributed by atoms with Crippen molar-refractivity contribution in [3.63, 3.8) is 0 Å². The van der Waals surface area contributed by atoms with Crippen LogP contribution in [0.3, 0.4) is 0 Å². The Morgan fingerprint density at radius 3 is 2.83 bits per heavy atom. The van der Waals surface area contributed by atoms with E-state index in [1.807, 2.05) is 17.7 Å². The van der Waals surface area contributed by atoms with Crippen LogP contribution in [0.15, 0.2) is 24.4 Å². The van der Waals surface area contributed by atoms with Gasteiger partial charge in [0.25, 0.3) is 5.91 Å². The molecule has 1 N–H and O–H groups in total. The Morgan fingerprint density at radius 1 is 1.39 bits per heavy atom. The van der Waals surface area contributed by atoms with Crippen molar-refractivity contribution < 1.29 is 14.3 Å². The molecule has 1 aliphatic rings. The summed E-state index contributed by atoms with van der Waals surface area (Å²) in [4.78, 5) is 16.7. The average molecular weight is 316 g/mol. The Bertz CT molecular complexity index is 675. The van der Waals surface area contributed by atoms with Crippen molar-refractivity contribution in [2.24, 2.45) is 0 Å². The molecule has 3 rings (SSSR count). The van der Waals surface area contributed by atoms with Gasteiger partial charge in [-0.2, -0.15) is 5.10 Å². The van der Waals surface area contributed by atoms with Crippen LogP contribution in [0.2, 0.25) is 0 Å². The van der Waals surface area contributed by atoms with Crippen molar-refractivity contribution in [3.8, 4) is 5.88 Å². The van der Waals surface area contributed by atoms with Crippen molar-refractivity contribution in [2.45, 2.75) is 25.8 Å². The largest absolute Gasteiger partial charge is 0.481 e. The van der Waals surface area contributed by atoms with E-state index in [1.165, 1.54) is 0 Å². The lowest BCUT2D eigenvalue weighted by Crippen LogP contribution is -2.25. The van der Waals surface area contributed by atoms with E-state index in [-0.39, 0.29) is 11.9 Å². The Balaban J connectivity index is 1.78. The normalized spacial score (nSPS) is 15.4. The lowest BCUT2D eigenvalue weighted by molar-refractivity contribution is 0.0646. The summed E-state index contributed by atoms with van der Waals surface area (Å²) in [7, 11) is 1.55. The molecular formula is C16H20N4O3. The van der Waals surface area contributed by atoms with Gasteiger partial charge in [0.2, 0.25) is 5.88 Å². The summed E-state index contributed by atoms with van der Waals surface area (Å²) >= 11 is 0. The van der Waals surface area contributed by atoms with Gasteiger partial charge in [-0.15, -0.1) is 0 Å². The number of methoxy groups -OCH3 is 1. The van der Waals surface area contributed by atoms with Crippen molar-refractivity contribution >= 4 is 11.6 Å². The predicted octanol–water partition coefficient (Wildman–Crippen LogP) is 2.20. The number of carbonyl (C=O) groups is 1. The van der Waals surface area contributed by atoms with Crippen molar-refractivity contribution in [3.05, 3.63) is 35.8 Å². The molecule has 2 aromatic rings. The molecule has 0 aliphatic carbocycles. The fourth-order valence-corrected chi connectivity index (χ4v) is 2.66. The predicted molar refractivity (Wildman–Crippen MR) is 84.8 cm³/mol. The number of aromatic nitrogens is 3. The molecule has 0 atom stereocenters. The highest BCUT2D eigenvalue weighted by Gasteiger charge is 2.23. The highest BCUT2D eigenvalue weighted by atomic mass is 16.5. The molecule has 7 nitrogen and oxygen atoms in total. The molecule has 0 spiro atoms. The van der Waals surface area contributed by atoms with Crippen LogP contribution in [0.25, 0.3) is 0 Å². The summed E-state index contributed by atoms with van der Waals surface area (Å²) < 4.78 is 12.2. The van der Waals surface area contributed by atoms with Crippen molar-refractivity contribution in [1.29, 1.82) is 0 Å². The summed E-state index contributed by atoms with van der Waals surface area (Å²) in [5, 5.41) is 7.34. The number of nitrogens with one attached hydrogen (secondary N) is 1. The third kappa shape index (κ3) is 3.50. The molecule has 0 unspecified atom stereocenters. The van der Waals surface area contributed by atoms with Crippen LogP contribution in [-0.2, 0) is 4.74 Å². The van der Waals surface area contributed by atoms with E-state index in [9.17, 15) is 4.79 Å². The summed E-state index contributed by atoms with van der Waals surface area (Å²) in [5.41, 5.74) is 2.01. The fourth-order valence-electron chi connectivity index (χ4n) is 2.66. The number of carbonyl (C=O) groups excluding carboxylic acids is 1. The summed E-state index contributed by atoms with van der Waals surface area (Å²) in [6, 6.07) is 5.47. The molecule has 2 aromatic heterocycles. The standard InChI is InChI=1S/C16H20N4O3/c1-11-9-14(20(19-11)13-5-7-23-8-6-13)16(21)18-12-3-4-15(22-2)17-10-12/h3-4,9-10,13H,5-8H2,1-2H3,(H,18,21). The first-order chi connectivity index (χ1) is 11.2. The smallest absolute Gasteiger partial charge is 0.273 e. The quantitative estimate of drug-likeness (QED) is 0.935. The molecular weight excluding hydrogens is 296 g/mol. The zero-order valence-electron chi connectivity index (χ0n) is 13.3. The maximum absolute atomic E-state index is 12.6. The van der Waals surface area contributed by atoms with Crippen LogP contribution in [0, 0.1) is 6.92 Å². The van der Waals surface area contributed by atoms with Crippen molar-refractivity contribution in [1.82, 2.24) is 14.8 Å². The van der Waals surface area contributed by atoms with Crippen LogP contribution < -0.4 is 10.1 Å². The number of anilines is 1. The van der Waals surface area contributed by atoms with Crippen LogP contribution in [-0.4, -0.2) is 41.0 Å². The van der Waals surface area contributed by atoms with Gasteiger partial charge in [-0.3, -0.25) is 9.48 Å². The molecule has 3 heterocycles. The van der Waals surface area contributed by atoms with Gasteiger partial charge in [-0.25, -0.2) is 4.98 Å². The van der Waals surface area contributed by atoms with E-state index in [4.69, 9.17) is 9.47 Å². The Labute approximate surface area is 134 Å². The zero-order valence-corrected chi connectivity index (χ0v) is 13.3. The first-order valence-corrected chi connectivity index (χ1v) is 7.62. The minimum atomic E-state index is -0.191. The van der Waals surface area contributed by atoms with Crippen LogP contribution in [0.4, 0.5) is 5.69 Å². The molecule has 0 aromatic carbocycles. The molecule has 23 heavy (non-hydrogen) atoms. The Kier molecular flexibility index (Phi) is 4.57. The average Bonchev–Trinajstić information content (AvgIpc) is 2.98. The minimum absolute atomic E-state index is 0.191. The second kappa shape index (κ2) is 6.78. The summed E-state index contributed by atoms with van der Waals surface area (Å²) in [6.07, 6.45) is 3.30. The highest BCUT2D eigenvalue weighted by Crippen LogP contribution is 2.23. The van der Waals surface area contributed by atoms with Gasteiger partial charge in [0.15, 0.2) is 0 Å². The van der Waals surface area contributed by atoms with Crippen LogP contribution in [0.5, 0.6) is 5.88 Å². The molecule has 1 aliphatic heterocycles. The number of amides is 1. The molecule has 1 saturated heterocycles. The number of hydrogen-bond donors (Lipinski definition) is 1. The number of nitrogens with zero attached hydrogens (tertiary/aromatic N) is 3. The van der Waals surface area contributed by atoms with Crippen molar-refractivity contribution in [2.75, 3.05) is 25.6 Å². The lowest BCUT2D eigenvalue weighted by atomic mass is 10.1. The maximum Gasteiger partial charge on any atom is 0.273 e. The van der Waals surface area contributed by atoms with E-state index in [0.717, 1.165) is 18.5 Å². The molecule has 7 heteroatoms. The maximum atomic E-state index is 12.6. The van der Waals surface area contributed by atoms with E-state index >= 15 is 0 Å². The highest BCUT2D eigenvalue weighted by molar-refractivity contribution is 6.03. The summed E-state index contributed by atoms with van der Waals surface area (Å²) in [6.45, 7) is 3.29. The first-order valence-electron chi connectivity index (χ1n) is 7.62. The number of pyridine rings is 1. The number of ether oxygens (including phenoxy) is 2.